The van der Waals surface area contributed by atoms with Crippen molar-refractivity contribution in [2.45, 2.75) is 19.3 Å². The molecule has 1 aliphatic heterocycles. The SMILES string of the molecule is Cc1nn(-c2nncc(-c3ccccc3)n2)c2c1[C@H](c1cccs1)CC(=O)N2. The molecule has 0 fully saturated rings. The Kier molecular flexibility index (Phi) is 3.98. The zero-order valence-electron chi connectivity index (χ0n) is 15.0. The van der Waals surface area contributed by atoms with Crippen LogP contribution in [0.4, 0.5) is 5.82 Å². The third-order valence-corrected chi connectivity index (χ3v) is 5.78. The predicted molar refractivity (Wildman–Crippen MR) is 107 cm³/mol. The highest BCUT2D eigenvalue weighted by Gasteiger charge is 2.33. The molecule has 5 rings (SSSR count). The molecule has 0 bridgehead atoms. The third kappa shape index (κ3) is 2.78. The summed E-state index contributed by atoms with van der Waals surface area (Å²) in [7, 11) is 0. The van der Waals surface area contributed by atoms with E-state index in [0.29, 0.717) is 23.9 Å². The smallest absolute Gasteiger partial charge is 0.272 e. The molecule has 8 heteroatoms. The first kappa shape index (κ1) is 16.8. The minimum Gasteiger partial charge on any atom is -0.310 e. The molecule has 3 aromatic heterocycles. The number of rotatable bonds is 3. The molecule has 0 saturated carbocycles. The summed E-state index contributed by atoms with van der Waals surface area (Å²) in [5.74, 6) is 0.902. The van der Waals surface area contributed by atoms with E-state index in [1.54, 1.807) is 22.2 Å². The van der Waals surface area contributed by atoms with Crippen molar-refractivity contribution in [3.63, 3.8) is 0 Å². The second-order valence-electron chi connectivity index (χ2n) is 6.59. The Balaban J connectivity index is 1.64. The molecular formula is C20H16N6OS. The zero-order valence-corrected chi connectivity index (χ0v) is 15.8. The highest BCUT2D eigenvalue weighted by molar-refractivity contribution is 7.10. The summed E-state index contributed by atoms with van der Waals surface area (Å²) in [6.07, 6.45) is 2.03. The van der Waals surface area contributed by atoms with E-state index in [4.69, 9.17) is 0 Å². The summed E-state index contributed by atoms with van der Waals surface area (Å²) < 4.78 is 1.59. The first-order chi connectivity index (χ1) is 13.7. The average molecular weight is 388 g/mol. The third-order valence-electron chi connectivity index (χ3n) is 4.80. The Morgan fingerprint density at radius 1 is 1.18 bits per heavy atom. The van der Waals surface area contributed by atoms with Crippen molar-refractivity contribution in [1.29, 1.82) is 0 Å². The number of hydrogen-bond acceptors (Lipinski definition) is 6. The molecule has 0 saturated heterocycles. The van der Waals surface area contributed by atoms with Crippen LogP contribution < -0.4 is 5.32 Å². The lowest BCUT2D eigenvalue weighted by Gasteiger charge is -2.22. The summed E-state index contributed by atoms with van der Waals surface area (Å²) in [5.41, 5.74) is 3.50. The normalized spacial score (nSPS) is 15.9. The van der Waals surface area contributed by atoms with Crippen molar-refractivity contribution in [3.05, 3.63) is 70.2 Å². The molecule has 4 heterocycles. The molecule has 1 aliphatic rings. The number of aromatic nitrogens is 5. The van der Waals surface area contributed by atoms with Crippen LogP contribution >= 0.6 is 11.3 Å². The van der Waals surface area contributed by atoms with Gasteiger partial charge in [-0.1, -0.05) is 36.4 Å². The first-order valence-electron chi connectivity index (χ1n) is 8.89. The predicted octanol–water partition coefficient (Wildman–Crippen LogP) is 3.57. The lowest BCUT2D eigenvalue weighted by Crippen LogP contribution is -2.25. The number of carbonyl (C=O) groups is 1. The van der Waals surface area contributed by atoms with Crippen LogP contribution in [0.25, 0.3) is 17.2 Å². The highest BCUT2D eigenvalue weighted by atomic mass is 32.1. The number of nitrogens with one attached hydrogen (secondary N) is 1. The number of hydrogen-bond donors (Lipinski definition) is 1. The molecule has 138 valence electrons. The van der Waals surface area contributed by atoms with E-state index in [2.05, 4.69) is 31.7 Å². The number of nitrogens with zero attached hydrogens (tertiary/aromatic N) is 5. The van der Waals surface area contributed by atoms with Crippen molar-refractivity contribution in [3.8, 4) is 17.2 Å². The monoisotopic (exact) mass is 388 g/mol. The fourth-order valence-electron chi connectivity index (χ4n) is 3.56. The number of aryl methyl sites for hydroxylation is 1. The number of benzene rings is 1. The Morgan fingerprint density at radius 2 is 2.04 bits per heavy atom. The fourth-order valence-corrected chi connectivity index (χ4v) is 4.39. The van der Waals surface area contributed by atoms with Gasteiger partial charge in [0.1, 0.15) is 5.82 Å². The van der Waals surface area contributed by atoms with Crippen LogP contribution in [0, 0.1) is 6.92 Å². The van der Waals surface area contributed by atoms with Gasteiger partial charge in [0.25, 0.3) is 5.95 Å². The highest BCUT2D eigenvalue weighted by Crippen LogP contribution is 2.41. The van der Waals surface area contributed by atoms with Crippen molar-refractivity contribution < 1.29 is 4.79 Å². The first-order valence-corrected chi connectivity index (χ1v) is 9.77. The van der Waals surface area contributed by atoms with Gasteiger partial charge in [-0.2, -0.15) is 14.9 Å². The van der Waals surface area contributed by atoms with Crippen molar-refractivity contribution >= 4 is 23.1 Å². The largest absolute Gasteiger partial charge is 0.310 e. The summed E-state index contributed by atoms with van der Waals surface area (Å²) >= 11 is 1.65. The molecule has 28 heavy (non-hydrogen) atoms. The standard InChI is InChI=1S/C20H16N6OS/c1-12-18-14(16-8-5-9-28-16)10-17(27)23-19(18)26(25-12)20-22-15(11-21-24-20)13-6-3-2-4-7-13/h2-9,11,14H,10H2,1H3,(H,23,27)/t14-/m0/s1. The van der Waals surface area contributed by atoms with Crippen LogP contribution in [0.5, 0.6) is 0 Å². The van der Waals surface area contributed by atoms with Crippen LogP contribution in [-0.2, 0) is 4.79 Å². The van der Waals surface area contributed by atoms with Gasteiger partial charge in [-0.3, -0.25) is 4.79 Å². The molecule has 0 unspecified atom stereocenters. The van der Waals surface area contributed by atoms with Gasteiger partial charge in [0.05, 0.1) is 17.6 Å². The molecule has 7 nitrogen and oxygen atoms in total. The van der Waals surface area contributed by atoms with Crippen LogP contribution in [0.1, 0.15) is 28.5 Å². The minimum atomic E-state index is -0.0424. The van der Waals surface area contributed by atoms with Gasteiger partial charge < -0.3 is 5.32 Å². The van der Waals surface area contributed by atoms with Crippen LogP contribution in [0.2, 0.25) is 0 Å². The van der Waals surface area contributed by atoms with Crippen molar-refractivity contribution in [1.82, 2.24) is 25.0 Å². The molecular weight excluding hydrogens is 372 g/mol. The second kappa shape index (κ2) is 6.65. The maximum atomic E-state index is 12.4. The Morgan fingerprint density at radius 3 is 2.82 bits per heavy atom. The van der Waals surface area contributed by atoms with E-state index in [0.717, 1.165) is 21.7 Å². The number of amides is 1. The fraction of sp³-hybridized carbons (Fsp3) is 0.150. The lowest BCUT2D eigenvalue weighted by atomic mass is 9.91. The minimum absolute atomic E-state index is 0.0113. The van der Waals surface area contributed by atoms with Gasteiger partial charge in [-0.05, 0) is 18.4 Å². The summed E-state index contributed by atoms with van der Waals surface area (Å²) in [4.78, 5) is 18.2. The second-order valence-corrected chi connectivity index (χ2v) is 7.57. The molecule has 0 aliphatic carbocycles. The molecule has 4 aromatic rings. The zero-order chi connectivity index (χ0) is 19.1. The van der Waals surface area contributed by atoms with Gasteiger partial charge >= 0.3 is 0 Å². The number of carbonyl (C=O) groups excluding carboxylic acids is 1. The lowest BCUT2D eigenvalue weighted by molar-refractivity contribution is -0.116. The van der Waals surface area contributed by atoms with E-state index < -0.39 is 0 Å². The molecule has 0 spiro atoms. The Hall–Kier alpha value is -3.39. The van der Waals surface area contributed by atoms with Crippen molar-refractivity contribution in [2.24, 2.45) is 0 Å². The maximum absolute atomic E-state index is 12.4. The van der Waals surface area contributed by atoms with Gasteiger partial charge in [-0.25, -0.2) is 4.98 Å². The molecule has 0 radical (unpaired) electrons. The van der Waals surface area contributed by atoms with Crippen LogP contribution in [-0.4, -0.2) is 30.9 Å². The summed E-state index contributed by atoms with van der Waals surface area (Å²) in [6.45, 7) is 1.95. The molecule has 1 atom stereocenters. The quantitative estimate of drug-likeness (QED) is 0.580. The van der Waals surface area contributed by atoms with Gasteiger partial charge in [0.2, 0.25) is 5.91 Å². The van der Waals surface area contributed by atoms with Crippen LogP contribution in [0.15, 0.2) is 54.0 Å². The Labute approximate surface area is 165 Å². The van der Waals surface area contributed by atoms with Crippen molar-refractivity contribution in [2.75, 3.05) is 5.32 Å². The van der Waals surface area contributed by atoms with Gasteiger partial charge in [0, 0.05) is 28.3 Å². The van der Waals surface area contributed by atoms with Gasteiger partial charge in [-0.15, -0.1) is 16.4 Å². The van der Waals surface area contributed by atoms with E-state index in [1.807, 2.05) is 48.7 Å². The average Bonchev–Trinajstić information content (AvgIpc) is 3.37. The maximum Gasteiger partial charge on any atom is 0.272 e. The van der Waals surface area contributed by atoms with E-state index in [1.165, 1.54) is 0 Å². The summed E-state index contributed by atoms with van der Waals surface area (Å²) in [5, 5.41) is 17.9. The summed E-state index contributed by atoms with van der Waals surface area (Å²) in [6, 6.07) is 13.8. The van der Waals surface area contributed by atoms with E-state index >= 15 is 0 Å². The topological polar surface area (TPSA) is 85.6 Å². The number of anilines is 1. The van der Waals surface area contributed by atoms with Gasteiger partial charge in [0.15, 0.2) is 0 Å². The van der Waals surface area contributed by atoms with E-state index in [9.17, 15) is 4.79 Å². The van der Waals surface area contributed by atoms with Crippen LogP contribution in [0.3, 0.4) is 0 Å². The molecule has 1 aromatic carbocycles. The number of thiophene rings is 1. The van der Waals surface area contributed by atoms with E-state index in [-0.39, 0.29) is 11.8 Å². The number of fused-ring (bicyclic) bond motifs is 1. The molecule has 1 N–H and O–H groups in total. The molecule has 1 amide bonds. The Bertz CT molecular complexity index is 1150.